The van der Waals surface area contributed by atoms with Crippen molar-refractivity contribution >= 4 is 12.1 Å². The van der Waals surface area contributed by atoms with Crippen LogP contribution in [0.4, 0.5) is 18.0 Å². The number of benzene rings is 1. The van der Waals surface area contributed by atoms with Crippen molar-refractivity contribution in [2.45, 2.75) is 57.2 Å². The molecule has 1 heterocycles. The molecule has 9 heteroatoms. The molecule has 0 spiro atoms. The molecular weight excluding hydrogens is 367 g/mol. The summed E-state index contributed by atoms with van der Waals surface area (Å²) in [5.74, 6) is -1.04. The molecule has 27 heavy (non-hydrogen) atoms. The van der Waals surface area contributed by atoms with Gasteiger partial charge < -0.3 is 14.6 Å². The minimum Gasteiger partial charge on any atom is -0.459 e. The second kappa shape index (κ2) is 7.38. The number of hydrogen-bond acceptors (Lipinski definition) is 5. The lowest BCUT2D eigenvalue weighted by atomic mass is 10.00. The Morgan fingerprint density at radius 3 is 2.33 bits per heavy atom. The minimum atomic E-state index is -5.01. The smallest absolute Gasteiger partial charge is 0.419 e. The SMILES string of the molecule is CC(C)(C)OC(=O)N1CC(O)(C(F)(F)F)C[C@H]1C(=O)OCc1ccccc1. The van der Waals surface area contributed by atoms with E-state index in [1.807, 2.05) is 0 Å². The van der Waals surface area contributed by atoms with Crippen LogP contribution >= 0.6 is 0 Å². The number of halogens is 3. The van der Waals surface area contributed by atoms with Gasteiger partial charge >= 0.3 is 18.2 Å². The number of esters is 1. The van der Waals surface area contributed by atoms with Gasteiger partial charge in [0.1, 0.15) is 18.2 Å². The molecule has 2 rings (SSSR count). The Hall–Kier alpha value is -2.29. The molecule has 1 saturated heterocycles. The Bertz CT molecular complexity index is 686. The minimum absolute atomic E-state index is 0.164. The van der Waals surface area contributed by atoms with Crippen LogP contribution in [0.2, 0.25) is 0 Å². The number of amides is 1. The Labute approximate surface area is 154 Å². The summed E-state index contributed by atoms with van der Waals surface area (Å²) >= 11 is 0. The van der Waals surface area contributed by atoms with Gasteiger partial charge in [0.2, 0.25) is 0 Å². The zero-order valence-electron chi connectivity index (χ0n) is 15.2. The van der Waals surface area contributed by atoms with Crippen LogP contribution in [0.3, 0.4) is 0 Å². The summed E-state index contributed by atoms with van der Waals surface area (Å²) in [6.45, 7) is 3.36. The molecule has 1 aromatic carbocycles. The summed E-state index contributed by atoms with van der Waals surface area (Å²) < 4.78 is 49.8. The van der Waals surface area contributed by atoms with Crippen molar-refractivity contribution in [2.75, 3.05) is 6.54 Å². The average Bonchev–Trinajstić information content (AvgIpc) is 2.91. The van der Waals surface area contributed by atoms with Crippen LogP contribution in [0, 0.1) is 0 Å². The van der Waals surface area contributed by atoms with Crippen molar-refractivity contribution in [1.82, 2.24) is 4.90 Å². The molecule has 1 N–H and O–H groups in total. The highest BCUT2D eigenvalue weighted by Crippen LogP contribution is 2.41. The third-order valence-corrected chi connectivity index (χ3v) is 3.99. The van der Waals surface area contributed by atoms with Gasteiger partial charge in [-0.3, -0.25) is 4.90 Å². The van der Waals surface area contributed by atoms with Crippen LogP contribution in [-0.4, -0.2) is 52.0 Å². The summed E-state index contributed by atoms with van der Waals surface area (Å²) in [6, 6.07) is 6.95. The van der Waals surface area contributed by atoms with Crippen molar-refractivity contribution < 1.29 is 37.3 Å². The number of carbonyl (C=O) groups excluding carboxylic acids is 2. The normalized spacial score (nSPS) is 23.2. The molecule has 1 amide bonds. The van der Waals surface area contributed by atoms with Crippen LogP contribution < -0.4 is 0 Å². The molecule has 1 unspecified atom stereocenters. The standard InChI is InChI=1S/C18H22F3NO5/c1-16(2,3)27-15(24)22-11-17(25,18(19,20)21)9-13(22)14(23)26-10-12-7-5-4-6-8-12/h4-8,13,25H,9-11H2,1-3H3/t13-,17?/m0/s1. The van der Waals surface area contributed by atoms with Crippen LogP contribution in [0.5, 0.6) is 0 Å². The Kier molecular flexibility index (Phi) is 5.74. The maximum atomic E-state index is 13.2. The van der Waals surface area contributed by atoms with E-state index in [0.29, 0.717) is 10.5 Å². The van der Waals surface area contributed by atoms with Gasteiger partial charge in [0, 0.05) is 6.42 Å². The average molecular weight is 389 g/mol. The van der Waals surface area contributed by atoms with Gasteiger partial charge in [-0.2, -0.15) is 13.2 Å². The first kappa shape index (κ1) is 21.0. The number of rotatable bonds is 3. The van der Waals surface area contributed by atoms with E-state index in [-0.39, 0.29) is 6.61 Å². The lowest BCUT2D eigenvalue weighted by Crippen LogP contribution is -2.48. The van der Waals surface area contributed by atoms with Crippen molar-refractivity contribution in [3.8, 4) is 0 Å². The van der Waals surface area contributed by atoms with Gasteiger partial charge in [-0.25, -0.2) is 9.59 Å². The van der Waals surface area contributed by atoms with E-state index in [1.165, 1.54) is 0 Å². The Balaban J connectivity index is 2.18. The van der Waals surface area contributed by atoms with Crippen LogP contribution in [0.15, 0.2) is 30.3 Å². The number of likely N-dealkylation sites (tertiary alicyclic amines) is 1. The molecular formula is C18H22F3NO5. The summed E-state index contributed by atoms with van der Waals surface area (Å²) in [6.07, 6.45) is -7.14. The topological polar surface area (TPSA) is 76.1 Å². The quantitative estimate of drug-likeness (QED) is 0.805. The van der Waals surface area contributed by atoms with Gasteiger partial charge in [0.05, 0.1) is 6.54 Å². The van der Waals surface area contributed by atoms with Crippen LogP contribution in [0.1, 0.15) is 32.8 Å². The number of nitrogens with zero attached hydrogens (tertiary/aromatic N) is 1. The number of ether oxygens (including phenoxy) is 2. The van der Waals surface area contributed by atoms with Gasteiger partial charge in [-0.1, -0.05) is 30.3 Å². The van der Waals surface area contributed by atoms with E-state index in [2.05, 4.69) is 0 Å². The summed E-state index contributed by atoms with van der Waals surface area (Å²) in [7, 11) is 0. The lowest BCUT2D eigenvalue weighted by molar-refractivity contribution is -0.253. The molecule has 6 nitrogen and oxygen atoms in total. The molecule has 0 aliphatic carbocycles. The van der Waals surface area contributed by atoms with E-state index < -0.39 is 48.4 Å². The summed E-state index contributed by atoms with van der Waals surface area (Å²) in [4.78, 5) is 25.2. The fourth-order valence-electron chi connectivity index (χ4n) is 2.64. The zero-order chi connectivity index (χ0) is 20.5. The largest absolute Gasteiger partial charge is 0.459 e. The van der Waals surface area contributed by atoms with E-state index in [0.717, 1.165) is 0 Å². The fraction of sp³-hybridized carbons (Fsp3) is 0.556. The highest BCUT2D eigenvalue weighted by molar-refractivity contribution is 5.82. The highest BCUT2D eigenvalue weighted by Gasteiger charge is 2.63. The van der Waals surface area contributed by atoms with Crippen LogP contribution in [-0.2, 0) is 20.9 Å². The molecule has 1 aliphatic rings. The predicted molar refractivity (Wildman–Crippen MR) is 88.6 cm³/mol. The first-order valence-corrected chi connectivity index (χ1v) is 8.32. The van der Waals surface area contributed by atoms with Gasteiger partial charge in [0.15, 0.2) is 5.60 Å². The third kappa shape index (κ3) is 5.12. The first-order valence-electron chi connectivity index (χ1n) is 8.32. The number of carbonyl (C=O) groups is 2. The molecule has 0 saturated carbocycles. The summed E-state index contributed by atoms with van der Waals surface area (Å²) in [5.41, 5.74) is -3.55. The van der Waals surface area contributed by atoms with Crippen molar-refractivity contribution in [3.05, 3.63) is 35.9 Å². The van der Waals surface area contributed by atoms with E-state index >= 15 is 0 Å². The number of β-amino-alcohol motifs (C(OH)–C–C–N with tert-alkyl or cyclic N) is 1. The van der Waals surface area contributed by atoms with Crippen molar-refractivity contribution in [3.63, 3.8) is 0 Å². The second-order valence-corrected chi connectivity index (χ2v) is 7.45. The Morgan fingerprint density at radius 2 is 1.81 bits per heavy atom. The molecule has 1 aromatic rings. The number of alkyl halides is 3. The first-order chi connectivity index (χ1) is 12.3. The van der Waals surface area contributed by atoms with E-state index in [9.17, 15) is 27.9 Å². The molecule has 1 fully saturated rings. The molecule has 2 atom stereocenters. The van der Waals surface area contributed by atoms with Gasteiger partial charge in [-0.15, -0.1) is 0 Å². The molecule has 1 aliphatic heterocycles. The van der Waals surface area contributed by atoms with E-state index in [1.54, 1.807) is 51.1 Å². The van der Waals surface area contributed by atoms with Crippen LogP contribution in [0.25, 0.3) is 0 Å². The number of hydrogen-bond donors (Lipinski definition) is 1. The third-order valence-electron chi connectivity index (χ3n) is 3.99. The zero-order valence-corrected chi connectivity index (χ0v) is 15.2. The number of aliphatic hydroxyl groups is 1. The molecule has 0 aromatic heterocycles. The molecule has 150 valence electrons. The molecule has 0 radical (unpaired) electrons. The Morgan fingerprint density at radius 1 is 1.22 bits per heavy atom. The van der Waals surface area contributed by atoms with E-state index in [4.69, 9.17) is 9.47 Å². The monoisotopic (exact) mass is 389 g/mol. The van der Waals surface area contributed by atoms with Crippen molar-refractivity contribution in [1.29, 1.82) is 0 Å². The fourth-order valence-corrected chi connectivity index (χ4v) is 2.64. The molecule has 0 bridgehead atoms. The second-order valence-electron chi connectivity index (χ2n) is 7.45. The predicted octanol–water partition coefficient (Wildman–Crippen LogP) is 3.03. The summed E-state index contributed by atoms with van der Waals surface area (Å²) in [5, 5.41) is 9.97. The van der Waals surface area contributed by atoms with Gasteiger partial charge in [-0.05, 0) is 26.3 Å². The highest BCUT2D eigenvalue weighted by atomic mass is 19.4. The maximum Gasteiger partial charge on any atom is 0.419 e. The lowest BCUT2D eigenvalue weighted by Gasteiger charge is -2.28. The maximum absolute atomic E-state index is 13.2. The van der Waals surface area contributed by atoms with Gasteiger partial charge in [0.25, 0.3) is 0 Å². The van der Waals surface area contributed by atoms with Crippen molar-refractivity contribution in [2.24, 2.45) is 0 Å².